The topological polar surface area (TPSA) is 160 Å². The molecule has 4 unspecified atom stereocenters. The zero-order chi connectivity index (χ0) is 34.8. The number of hydrogen-bond acceptors (Lipinski definition) is 10. The molecule has 1 aliphatic carbocycles. The van der Waals surface area contributed by atoms with Gasteiger partial charge in [0.25, 0.3) is 0 Å². The second-order valence-electron chi connectivity index (χ2n) is 11.8. The summed E-state index contributed by atoms with van der Waals surface area (Å²) in [5.41, 5.74) is 0.347. The highest BCUT2D eigenvalue weighted by Gasteiger charge is 2.38. The molecule has 4 atom stereocenters. The molecule has 1 saturated carbocycles. The summed E-state index contributed by atoms with van der Waals surface area (Å²) in [6.45, 7) is 9.98. The first kappa shape index (κ1) is 40.5. The lowest BCUT2D eigenvalue weighted by Gasteiger charge is -2.29. The zero-order valence-corrected chi connectivity index (χ0v) is 28.4. The van der Waals surface area contributed by atoms with Crippen LogP contribution in [0, 0.1) is 17.8 Å². The third kappa shape index (κ3) is 14.3. The van der Waals surface area contributed by atoms with E-state index in [0.717, 1.165) is 18.8 Å². The average Bonchev–Trinajstić information content (AvgIpc) is 3.05. The lowest BCUT2D eigenvalue weighted by atomic mass is 9.79. The molecule has 3 rings (SSSR count). The Kier molecular flexibility index (Phi) is 18.7. The van der Waals surface area contributed by atoms with Gasteiger partial charge < -0.3 is 34.4 Å². The number of aliphatic hydroxyl groups excluding tert-OH is 2. The van der Waals surface area contributed by atoms with Crippen LogP contribution in [0.3, 0.4) is 0 Å². The number of esters is 3. The molecule has 2 aromatic rings. The number of carboxylic acids is 1. The zero-order valence-electron chi connectivity index (χ0n) is 28.4. The van der Waals surface area contributed by atoms with Crippen LogP contribution in [0.2, 0.25) is 0 Å². The van der Waals surface area contributed by atoms with E-state index in [-0.39, 0.29) is 17.7 Å². The molecule has 11 heteroatoms. The highest BCUT2D eigenvalue weighted by atomic mass is 16.6. The van der Waals surface area contributed by atoms with Gasteiger partial charge in [-0.25, -0.2) is 9.59 Å². The van der Waals surface area contributed by atoms with E-state index in [1.54, 1.807) is 37.2 Å². The molecule has 1 aliphatic rings. The summed E-state index contributed by atoms with van der Waals surface area (Å²) >= 11 is 0. The van der Waals surface area contributed by atoms with Crippen molar-refractivity contribution in [3.63, 3.8) is 0 Å². The SMILES string of the molecule is CC.CCC(C)C.CN(C)CC(O)COC(=O)C1CCCCC1C(=O)OCC(O)COC(=O)c1ccc2cc(C(=O)O)ccc2c1. The van der Waals surface area contributed by atoms with Gasteiger partial charge in [0, 0.05) is 6.54 Å². The van der Waals surface area contributed by atoms with E-state index in [9.17, 15) is 29.4 Å². The third-order valence-electron chi connectivity index (χ3n) is 7.33. The number of carboxylic acid groups (broad SMARTS) is 1. The van der Waals surface area contributed by atoms with Crippen molar-refractivity contribution in [1.29, 1.82) is 0 Å². The molecule has 0 aliphatic heterocycles. The van der Waals surface area contributed by atoms with Gasteiger partial charge in [0.05, 0.1) is 23.0 Å². The number of fused-ring (bicyclic) bond motifs is 1. The summed E-state index contributed by atoms with van der Waals surface area (Å²) < 4.78 is 15.6. The average molecular weight is 648 g/mol. The molecular formula is C35H53NO10. The molecular weight excluding hydrogens is 594 g/mol. The Bertz CT molecular complexity index is 1250. The fourth-order valence-corrected chi connectivity index (χ4v) is 4.55. The second-order valence-corrected chi connectivity index (χ2v) is 11.8. The third-order valence-corrected chi connectivity index (χ3v) is 7.33. The van der Waals surface area contributed by atoms with Gasteiger partial charge in [0.2, 0.25) is 0 Å². The number of carbonyl (C=O) groups excluding carboxylic acids is 3. The Balaban J connectivity index is 0.00000137. The Morgan fingerprint density at radius 2 is 1.22 bits per heavy atom. The number of aromatic carboxylic acids is 1. The van der Waals surface area contributed by atoms with Crippen LogP contribution in [0.1, 0.15) is 87.4 Å². The Morgan fingerprint density at radius 1 is 0.783 bits per heavy atom. The minimum Gasteiger partial charge on any atom is -0.478 e. The largest absolute Gasteiger partial charge is 0.478 e. The number of nitrogens with zero attached hydrogens (tertiary/aromatic N) is 1. The summed E-state index contributed by atoms with van der Waals surface area (Å²) in [7, 11) is 3.58. The van der Waals surface area contributed by atoms with Crippen molar-refractivity contribution in [1.82, 2.24) is 4.90 Å². The van der Waals surface area contributed by atoms with Crippen molar-refractivity contribution in [2.45, 2.75) is 78.9 Å². The molecule has 1 fully saturated rings. The Morgan fingerprint density at radius 3 is 1.67 bits per heavy atom. The maximum Gasteiger partial charge on any atom is 0.338 e. The van der Waals surface area contributed by atoms with E-state index in [2.05, 4.69) is 20.8 Å². The van der Waals surface area contributed by atoms with Crippen LogP contribution in [-0.2, 0) is 23.8 Å². The van der Waals surface area contributed by atoms with Crippen molar-refractivity contribution in [2.24, 2.45) is 17.8 Å². The number of benzene rings is 2. The Hall–Kier alpha value is -3.54. The number of carbonyl (C=O) groups is 4. The molecule has 3 N–H and O–H groups in total. The van der Waals surface area contributed by atoms with Gasteiger partial charge in [0.1, 0.15) is 32.0 Å². The quantitative estimate of drug-likeness (QED) is 0.199. The molecule has 11 nitrogen and oxygen atoms in total. The standard InChI is InChI=1S/C28H35NO10.C5H12.C2H6/c1-29(2)13-21(30)14-38-27(35)23-5-3-4-6-24(23)28(36)39-16-22(31)15-37-26(34)20-10-8-17-11-19(25(32)33)9-7-18(17)12-20;1-4-5(2)3;1-2/h7-12,21-24,30-31H,3-6,13-16H2,1-2H3,(H,32,33);5H,4H2,1-3H3;1-2H3. The summed E-state index contributed by atoms with van der Waals surface area (Å²) in [6.07, 6.45) is 1.61. The van der Waals surface area contributed by atoms with E-state index in [1.807, 2.05) is 13.8 Å². The number of likely N-dealkylation sites (N-methyl/N-ethyl adjacent to an activating group) is 1. The van der Waals surface area contributed by atoms with Crippen molar-refractivity contribution < 1.29 is 48.7 Å². The highest BCUT2D eigenvalue weighted by molar-refractivity contribution is 5.98. The van der Waals surface area contributed by atoms with Crippen LogP contribution in [0.25, 0.3) is 10.8 Å². The van der Waals surface area contributed by atoms with Crippen molar-refractivity contribution in [2.75, 3.05) is 40.5 Å². The van der Waals surface area contributed by atoms with Crippen LogP contribution < -0.4 is 0 Å². The summed E-state index contributed by atoms with van der Waals surface area (Å²) in [5, 5.41) is 30.5. The molecule has 2 aromatic carbocycles. The predicted octanol–water partition coefficient (Wildman–Crippen LogP) is 4.95. The van der Waals surface area contributed by atoms with Gasteiger partial charge in [-0.1, -0.05) is 66.0 Å². The second kappa shape index (κ2) is 21.3. The van der Waals surface area contributed by atoms with Crippen molar-refractivity contribution >= 4 is 34.6 Å². The first-order valence-electron chi connectivity index (χ1n) is 16.1. The molecule has 0 bridgehead atoms. The van der Waals surface area contributed by atoms with E-state index >= 15 is 0 Å². The lowest BCUT2D eigenvalue weighted by molar-refractivity contribution is -0.166. The first-order chi connectivity index (χ1) is 21.8. The number of hydrogen-bond donors (Lipinski definition) is 3. The van der Waals surface area contributed by atoms with Crippen LogP contribution in [0.4, 0.5) is 0 Å². The number of rotatable bonds is 13. The minimum absolute atomic E-state index is 0.130. The van der Waals surface area contributed by atoms with E-state index in [0.29, 0.717) is 30.2 Å². The van der Waals surface area contributed by atoms with Gasteiger partial charge in [-0.3, -0.25) is 9.59 Å². The van der Waals surface area contributed by atoms with Crippen molar-refractivity contribution in [3.05, 3.63) is 47.5 Å². The molecule has 0 spiro atoms. The normalized spacial score (nSPS) is 17.1. The number of ether oxygens (including phenoxy) is 3. The minimum atomic E-state index is -1.27. The Labute approximate surface area is 272 Å². The van der Waals surface area contributed by atoms with E-state index in [1.165, 1.54) is 24.6 Å². The van der Waals surface area contributed by atoms with Gasteiger partial charge in [0.15, 0.2) is 0 Å². The van der Waals surface area contributed by atoms with E-state index < -0.39 is 61.1 Å². The smallest absolute Gasteiger partial charge is 0.338 e. The molecule has 0 aromatic heterocycles. The maximum absolute atomic E-state index is 12.7. The van der Waals surface area contributed by atoms with Gasteiger partial charge in [-0.05, 0) is 67.9 Å². The fourth-order valence-electron chi connectivity index (χ4n) is 4.55. The van der Waals surface area contributed by atoms with Crippen LogP contribution in [-0.4, -0.2) is 96.8 Å². The molecule has 0 heterocycles. The molecule has 0 radical (unpaired) electrons. The maximum atomic E-state index is 12.7. The van der Waals surface area contributed by atoms with Crippen LogP contribution in [0.5, 0.6) is 0 Å². The number of aliphatic hydroxyl groups is 2. The predicted molar refractivity (Wildman–Crippen MR) is 176 cm³/mol. The summed E-state index contributed by atoms with van der Waals surface area (Å²) in [4.78, 5) is 50.6. The molecule has 0 amide bonds. The highest BCUT2D eigenvalue weighted by Crippen LogP contribution is 2.32. The monoisotopic (exact) mass is 647 g/mol. The van der Waals surface area contributed by atoms with Crippen LogP contribution in [0.15, 0.2) is 36.4 Å². The first-order valence-corrected chi connectivity index (χ1v) is 16.1. The fraction of sp³-hybridized carbons (Fsp3) is 0.600. The summed E-state index contributed by atoms with van der Waals surface area (Å²) in [5.74, 6) is -3.46. The van der Waals surface area contributed by atoms with Gasteiger partial charge in [-0.2, -0.15) is 0 Å². The molecule has 258 valence electrons. The summed E-state index contributed by atoms with van der Waals surface area (Å²) in [6, 6.07) is 9.16. The van der Waals surface area contributed by atoms with Crippen LogP contribution >= 0.6 is 0 Å². The lowest BCUT2D eigenvalue weighted by Crippen LogP contribution is -2.38. The molecule has 0 saturated heterocycles. The van der Waals surface area contributed by atoms with Gasteiger partial charge >= 0.3 is 23.9 Å². The molecule has 46 heavy (non-hydrogen) atoms. The van der Waals surface area contributed by atoms with Gasteiger partial charge in [-0.15, -0.1) is 0 Å². The van der Waals surface area contributed by atoms with Crippen molar-refractivity contribution in [3.8, 4) is 0 Å². The van der Waals surface area contributed by atoms with E-state index in [4.69, 9.17) is 19.3 Å².